The maximum atomic E-state index is 12.6. The van der Waals surface area contributed by atoms with E-state index in [0.29, 0.717) is 42.9 Å². The molecular weight excluding hydrogens is 336 g/mol. The van der Waals surface area contributed by atoms with Crippen molar-refractivity contribution in [3.8, 4) is 5.75 Å². The number of amides is 2. The molecule has 0 saturated carbocycles. The maximum absolute atomic E-state index is 12.6. The van der Waals surface area contributed by atoms with Crippen molar-refractivity contribution in [1.82, 2.24) is 0 Å². The van der Waals surface area contributed by atoms with Crippen molar-refractivity contribution in [3.63, 3.8) is 0 Å². The van der Waals surface area contributed by atoms with E-state index in [1.807, 2.05) is 6.08 Å². The second-order valence-electron chi connectivity index (χ2n) is 6.52. The molecule has 0 spiro atoms. The van der Waals surface area contributed by atoms with Crippen molar-refractivity contribution < 1.29 is 24.2 Å². The molecule has 1 heterocycles. The second-order valence-corrected chi connectivity index (χ2v) is 6.52. The second kappa shape index (κ2) is 7.59. The number of rotatable bonds is 5. The molecule has 1 aliphatic carbocycles. The van der Waals surface area contributed by atoms with Crippen molar-refractivity contribution in [2.75, 3.05) is 23.9 Å². The first-order valence-electron chi connectivity index (χ1n) is 8.68. The molecule has 0 bridgehead atoms. The molecule has 2 unspecified atom stereocenters. The predicted molar refractivity (Wildman–Crippen MR) is 96.2 cm³/mol. The van der Waals surface area contributed by atoms with E-state index >= 15 is 0 Å². The van der Waals surface area contributed by atoms with Crippen molar-refractivity contribution in [3.05, 3.63) is 30.4 Å². The molecule has 7 heteroatoms. The summed E-state index contributed by atoms with van der Waals surface area (Å²) in [4.78, 5) is 37.6. The number of allylic oxidation sites excluding steroid dienone is 2. The van der Waals surface area contributed by atoms with E-state index in [1.165, 1.54) is 7.11 Å². The summed E-state index contributed by atoms with van der Waals surface area (Å²) in [5, 5.41) is 12.1. The van der Waals surface area contributed by atoms with Crippen molar-refractivity contribution in [2.45, 2.75) is 25.7 Å². The first-order valence-corrected chi connectivity index (χ1v) is 8.68. The number of benzene rings is 1. The Hall–Kier alpha value is -2.83. The van der Waals surface area contributed by atoms with Gasteiger partial charge in [-0.25, -0.2) is 0 Å². The monoisotopic (exact) mass is 358 g/mol. The Morgan fingerprint density at radius 1 is 1.23 bits per heavy atom. The Morgan fingerprint density at radius 2 is 1.96 bits per heavy atom. The third-order valence-electron chi connectivity index (χ3n) is 4.90. The molecule has 1 aliphatic heterocycles. The molecule has 26 heavy (non-hydrogen) atoms. The first kappa shape index (κ1) is 18.0. The van der Waals surface area contributed by atoms with Crippen LogP contribution < -0.4 is 15.0 Å². The number of hydrogen-bond acceptors (Lipinski definition) is 4. The zero-order chi connectivity index (χ0) is 18.7. The summed E-state index contributed by atoms with van der Waals surface area (Å²) in [7, 11) is 1.51. The molecule has 2 atom stereocenters. The highest BCUT2D eigenvalue weighted by atomic mass is 16.5. The highest BCUT2D eigenvalue weighted by Crippen LogP contribution is 2.34. The van der Waals surface area contributed by atoms with Crippen LogP contribution in [0.3, 0.4) is 0 Å². The van der Waals surface area contributed by atoms with Crippen LogP contribution in [-0.2, 0) is 14.4 Å². The molecule has 138 valence electrons. The number of anilines is 2. The van der Waals surface area contributed by atoms with Crippen LogP contribution in [0.5, 0.6) is 5.75 Å². The Morgan fingerprint density at radius 3 is 2.58 bits per heavy atom. The van der Waals surface area contributed by atoms with Gasteiger partial charge in [0.25, 0.3) is 0 Å². The normalized spacial score (nSPS) is 22.3. The predicted octanol–water partition coefficient (Wildman–Crippen LogP) is 2.43. The number of aliphatic carboxylic acids is 1. The number of ether oxygens (including phenoxy) is 1. The minimum atomic E-state index is -0.963. The topological polar surface area (TPSA) is 95.9 Å². The molecular formula is C19H22N2O5. The lowest BCUT2D eigenvalue weighted by atomic mass is 9.82. The van der Waals surface area contributed by atoms with E-state index in [2.05, 4.69) is 5.32 Å². The van der Waals surface area contributed by atoms with E-state index in [-0.39, 0.29) is 11.8 Å². The van der Waals surface area contributed by atoms with E-state index in [4.69, 9.17) is 4.74 Å². The molecule has 2 amide bonds. The molecule has 3 rings (SSSR count). The molecule has 1 aromatic rings. The molecule has 2 aliphatic rings. The number of methoxy groups -OCH3 is 1. The van der Waals surface area contributed by atoms with E-state index < -0.39 is 17.8 Å². The fourth-order valence-electron chi connectivity index (χ4n) is 3.49. The smallest absolute Gasteiger partial charge is 0.307 e. The molecule has 1 saturated heterocycles. The summed E-state index contributed by atoms with van der Waals surface area (Å²) in [6.45, 7) is 0.648. The van der Waals surface area contributed by atoms with Crippen LogP contribution in [0.2, 0.25) is 0 Å². The molecule has 0 radical (unpaired) electrons. The summed E-state index contributed by atoms with van der Waals surface area (Å²) in [5.74, 6) is -2.06. The lowest BCUT2D eigenvalue weighted by Gasteiger charge is -2.24. The molecule has 1 fully saturated rings. The van der Waals surface area contributed by atoms with Gasteiger partial charge in [-0.05, 0) is 31.4 Å². The van der Waals surface area contributed by atoms with Crippen molar-refractivity contribution in [1.29, 1.82) is 0 Å². The number of nitrogens with zero attached hydrogens (tertiary/aromatic N) is 1. The minimum Gasteiger partial charge on any atom is -0.494 e. The van der Waals surface area contributed by atoms with Gasteiger partial charge < -0.3 is 20.1 Å². The van der Waals surface area contributed by atoms with E-state index in [1.54, 1.807) is 29.2 Å². The van der Waals surface area contributed by atoms with Crippen LogP contribution in [0.1, 0.15) is 25.7 Å². The Kier molecular flexibility index (Phi) is 5.25. The van der Waals surface area contributed by atoms with Gasteiger partial charge in [0.1, 0.15) is 5.75 Å². The highest BCUT2D eigenvalue weighted by molar-refractivity contribution is 5.98. The lowest BCUT2D eigenvalue weighted by molar-refractivity contribution is -0.146. The summed E-state index contributed by atoms with van der Waals surface area (Å²) in [6, 6.07) is 5.11. The average Bonchev–Trinajstić information content (AvgIpc) is 3.07. The van der Waals surface area contributed by atoms with Gasteiger partial charge in [0.05, 0.1) is 24.6 Å². The summed E-state index contributed by atoms with van der Waals surface area (Å²) in [5.41, 5.74) is 1.19. The number of hydrogen-bond donors (Lipinski definition) is 2. The van der Waals surface area contributed by atoms with Gasteiger partial charge >= 0.3 is 5.97 Å². The van der Waals surface area contributed by atoms with E-state index in [9.17, 15) is 19.5 Å². The summed E-state index contributed by atoms with van der Waals surface area (Å²) in [6.07, 6.45) is 5.73. The number of carboxylic acid groups (broad SMARTS) is 1. The van der Waals surface area contributed by atoms with Crippen LogP contribution >= 0.6 is 0 Å². The largest absolute Gasteiger partial charge is 0.494 e. The molecule has 0 aromatic heterocycles. The van der Waals surface area contributed by atoms with Crippen LogP contribution in [0.15, 0.2) is 30.4 Å². The molecule has 7 nitrogen and oxygen atoms in total. The number of carboxylic acids is 1. The summed E-state index contributed by atoms with van der Waals surface area (Å²) < 4.78 is 5.38. The van der Waals surface area contributed by atoms with Gasteiger partial charge in [-0.3, -0.25) is 14.4 Å². The third kappa shape index (κ3) is 3.56. The number of carbonyl (C=O) groups excluding carboxylic acids is 2. The zero-order valence-electron chi connectivity index (χ0n) is 14.6. The van der Waals surface area contributed by atoms with Crippen LogP contribution in [0.25, 0.3) is 0 Å². The van der Waals surface area contributed by atoms with E-state index in [0.717, 1.165) is 6.42 Å². The molecule has 1 aromatic carbocycles. The fourth-order valence-corrected chi connectivity index (χ4v) is 3.49. The number of carbonyl (C=O) groups is 3. The van der Waals surface area contributed by atoms with Crippen LogP contribution in [0.4, 0.5) is 11.4 Å². The van der Waals surface area contributed by atoms with Crippen molar-refractivity contribution >= 4 is 29.2 Å². The fraction of sp³-hybridized carbons (Fsp3) is 0.421. The van der Waals surface area contributed by atoms with Gasteiger partial charge in [-0.2, -0.15) is 0 Å². The van der Waals surface area contributed by atoms with Gasteiger partial charge in [0, 0.05) is 24.7 Å². The lowest BCUT2D eigenvalue weighted by Crippen LogP contribution is -2.34. The van der Waals surface area contributed by atoms with Crippen LogP contribution in [-0.4, -0.2) is 36.5 Å². The Balaban J connectivity index is 1.77. The first-order chi connectivity index (χ1) is 12.5. The average molecular weight is 358 g/mol. The standard InChI is InChI=1S/C19H22N2O5/c1-26-16-11-12(8-9-15(16)21-10-4-7-17(21)22)20-18(23)13-5-2-3-6-14(13)19(24)25/h2-3,8-9,11,13-14H,4-7,10H2,1H3,(H,20,23)(H,24,25). The Bertz CT molecular complexity index is 758. The minimum absolute atomic E-state index is 0.0541. The van der Waals surface area contributed by atoms with Gasteiger partial charge in [0.15, 0.2) is 0 Å². The SMILES string of the molecule is COc1cc(NC(=O)C2CC=CCC2C(=O)O)ccc1N1CCCC1=O. The third-order valence-corrected chi connectivity index (χ3v) is 4.90. The van der Waals surface area contributed by atoms with Crippen LogP contribution in [0, 0.1) is 11.8 Å². The van der Waals surface area contributed by atoms with Crippen molar-refractivity contribution in [2.24, 2.45) is 11.8 Å². The maximum Gasteiger partial charge on any atom is 0.307 e. The molecule has 2 N–H and O–H groups in total. The summed E-state index contributed by atoms with van der Waals surface area (Å²) >= 11 is 0. The van der Waals surface area contributed by atoms with Gasteiger partial charge in [-0.15, -0.1) is 0 Å². The quantitative estimate of drug-likeness (QED) is 0.788. The highest BCUT2D eigenvalue weighted by Gasteiger charge is 2.34. The zero-order valence-corrected chi connectivity index (χ0v) is 14.6. The number of nitrogens with one attached hydrogen (secondary N) is 1. The van der Waals surface area contributed by atoms with Gasteiger partial charge in [-0.1, -0.05) is 12.2 Å². The van der Waals surface area contributed by atoms with Gasteiger partial charge in [0.2, 0.25) is 11.8 Å². The Labute approximate surface area is 151 Å².